The van der Waals surface area contributed by atoms with E-state index in [1.54, 1.807) is 64.2 Å². The van der Waals surface area contributed by atoms with Crippen LogP contribution in [-0.2, 0) is 0 Å². The number of hydrogen-bond donors (Lipinski definition) is 0. The molecule has 3 aliphatic rings. The van der Waals surface area contributed by atoms with Gasteiger partial charge < -0.3 is 0 Å². The summed E-state index contributed by atoms with van der Waals surface area (Å²) in [6, 6.07) is 0. The molecule has 0 bridgehead atoms. The third-order valence-corrected chi connectivity index (χ3v) is 5.39. The van der Waals surface area contributed by atoms with Crippen LogP contribution in [0, 0.1) is 23.7 Å². The van der Waals surface area contributed by atoms with E-state index < -0.39 is 0 Å². The van der Waals surface area contributed by atoms with Crippen LogP contribution in [0.15, 0.2) is 0 Å². The molecule has 0 aliphatic heterocycles. The van der Waals surface area contributed by atoms with Crippen molar-refractivity contribution in [3.8, 4) is 0 Å². The van der Waals surface area contributed by atoms with Crippen LogP contribution in [0.5, 0.6) is 0 Å². The quantitative estimate of drug-likeness (QED) is 0.534. The number of hydrogen-bond acceptors (Lipinski definition) is 0. The molecule has 0 heteroatoms. The molecule has 3 rings (SSSR count). The lowest BCUT2D eigenvalue weighted by molar-refractivity contribution is 0.0278. The molecule has 0 spiro atoms. The Bertz CT molecular complexity index is 174. The molecule has 4 atom stereocenters. The van der Waals surface area contributed by atoms with Crippen LogP contribution in [0.3, 0.4) is 0 Å². The average Bonchev–Trinajstić information content (AvgIpc) is 2.29. The Morgan fingerprint density at radius 2 is 0.857 bits per heavy atom. The van der Waals surface area contributed by atoms with Crippen molar-refractivity contribution in [1.29, 1.82) is 0 Å². The first-order valence-electron chi connectivity index (χ1n) is 6.95. The highest BCUT2D eigenvalue weighted by atomic mass is 14.5. The van der Waals surface area contributed by atoms with Crippen LogP contribution in [0.4, 0.5) is 0 Å². The summed E-state index contributed by atoms with van der Waals surface area (Å²) in [6.07, 6.45) is 15.7. The fourth-order valence-electron chi connectivity index (χ4n) is 4.74. The van der Waals surface area contributed by atoms with Crippen molar-refractivity contribution in [2.75, 3.05) is 0 Å². The van der Waals surface area contributed by atoms with Crippen LogP contribution in [0.25, 0.3) is 0 Å². The maximum absolute atomic E-state index is 1.59. The van der Waals surface area contributed by atoms with Crippen molar-refractivity contribution < 1.29 is 0 Å². The van der Waals surface area contributed by atoms with Gasteiger partial charge in [-0.05, 0) is 49.4 Å². The van der Waals surface area contributed by atoms with Gasteiger partial charge in [-0.1, -0.05) is 38.5 Å². The molecule has 0 N–H and O–H groups in total. The molecule has 3 saturated carbocycles. The smallest absolute Gasteiger partial charge is 0.0355 e. The average molecular weight is 192 g/mol. The van der Waals surface area contributed by atoms with Crippen LogP contribution in [-0.4, -0.2) is 0 Å². The summed E-state index contributed by atoms with van der Waals surface area (Å²) in [6.45, 7) is 0. The zero-order valence-corrected chi connectivity index (χ0v) is 9.38. The molecule has 80 valence electrons. The zero-order valence-electron chi connectivity index (χ0n) is 9.38. The van der Waals surface area contributed by atoms with E-state index in [4.69, 9.17) is 0 Å². The van der Waals surface area contributed by atoms with Crippen molar-refractivity contribution >= 4 is 0 Å². The normalized spacial score (nSPS) is 48.0. The van der Waals surface area contributed by atoms with Gasteiger partial charge in [0.05, 0.1) is 0 Å². The maximum atomic E-state index is 1.59. The number of rotatable bonds is 0. The Morgan fingerprint density at radius 1 is 0.429 bits per heavy atom. The van der Waals surface area contributed by atoms with Gasteiger partial charge >= 0.3 is 0 Å². The molecule has 0 amide bonds. The van der Waals surface area contributed by atoms with Crippen molar-refractivity contribution in [3.05, 3.63) is 0 Å². The minimum atomic E-state index is 1.16. The van der Waals surface area contributed by atoms with E-state index in [9.17, 15) is 0 Å². The lowest BCUT2D eigenvalue weighted by atomic mass is 9.58. The Balaban J connectivity index is 1.74. The minimum Gasteiger partial charge on any atom is -0.0530 e. The summed E-state index contributed by atoms with van der Waals surface area (Å²) in [7, 11) is 0. The molecule has 0 aromatic rings. The van der Waals surface area contributed by atoms with E-state index in [0.29, 0.717) is 0 Å². The van der Waals surface area contributed by atoms with Gasteiger partial charge in [-0.3, -0.25) is 0 Å². The molecular weight excluding hydrogens is 168 g/mol. The monoisotopic (exact) mass is 192 g/mol. The van der Waals surface area contributed by atoms with Crippen LogP contribution in [0.1, 0.15) is 64.2 Å². The lowest BCUT2D eigenvalue weighted by Crippen LogP contribution is -2.38. The lowest BCUT2D eigenvalue weighted by Gasteiger charge is -2.48. The van der Waals surface area contributed by atoms with Crippen molar-refractivity contribution in [1.82, 2.24) is 0 Å². The second-order valence-corrected chi connectivity index (χ2v) is 5.99. The van der Waals surface area contributed by atoms with E-state index >= 15 is 0 Å². The van der Waals surface area contributed by atoms with Crippen molar-refractivity contribution in [2.45, 2.75) is 64.2 Å². The predicted molar refractivity (Wildman–Crippen MR) is 60.1 cm³/mol. The summed E-state index contributed by atoms with van der Waals surface area (Å²) in [5, 5.41) is 0. The van der Waals surface area contributed by atoms with E-state index in [1.807, 2.05) is 0 Å². The summed E-state index contributed by atoms with van der Waals surface area (Å²) < 4.78 is 0. The number of fused-ring (bicyclic) bond motifs is 3. The highest BCUT2D eigenvalue weighted by Crippen LogP contribution is 2.51. The molecule has 0 unspecified atom stereocenters. The van der Waals surface area contributed by atoms with E-state index in [0.717, 1.165) is 11.8 Å². The highest BCUT2D eigenvalue weighted by Gasteiger charge is 2.40. The van der Waals surface area contributed by atoms with Gasteiger partial charge in [0.1, 0.15) is 0 Å². The molecule has 0 aromatic heterocycles. The summed E-state index contributed by atoms with van der Waals surface area (Å²) in [4.78, 5) is 0. The summed E-state index contributed by atoms with van der Waals surface area (Å²) in [5.74, 6) is 4.65. The molecule has 0 heterocycles. The summed E-state index contributed by atoms with van der Waals surface area (Å²) in [5.41, 5.74) is 0. The first-order valence-corrected chi connectivity index (χ1v) is 6.95. The maximum Gasteiger partial charge on any atom is -0.0355 e. The minimum absolute atomic E-state index is 1.16. The molecule has 3 aliphatic carbocycles. The van der Waals surface area contributed by atoms with E-state index in [1.165, 1.54) is 11.8 Å². The van der Waals surface area contributed by atoms with Gasteiger partial charge in [-0.2, -0.15) is 0 Å². The molecule has 0 radical (unpaired) electrons. The largest absolute Gasteiger partial charge is 0.0530 e. The second kappa shape index (κ2) is 3.87. The van der Waals surface area contributed by atoms with Crippen LogP contribution < -0.4 is 0 Å². The van der Waals surface area contributed by atoms with Crippen LogP contribution >= 0.6 is 0 Å². The van der Waals surface area contributed by atoms with Gasteiger partial charge in [-0.15, -0.1) is 0 Å². The van der Waals surface area contributed by atoms with Gasteiger partial charge in [0.25, 0.3) is 0 Å². The van der Waals surface area contributed by atoms with E-state index in [-0.39, 0.29) is 0 Å². The summed E-state index contributed by atoms with van der Waals surface area (Å²) >= 11 is 0. The molecule has 0 nitrogen and oxygen atoms in total. The van der Waals surface area contributed by atoms with Crippen molar-refractivity contribution in [2.24, 2.45) is 23.7 Å². The fraction of sp³-hybridized carbons (Fsp3) is 1.00. The fourth-order valence-corrected chi connectivity index (χ4v) is 4.74. The van der Waals surface area contributed by atoms with Gasteiger partial charge in [0.2, 0.25) is 0 Å². The van der Waals surface area contributed by atoms with Crippen molar-refractivity contribution in [3.63, 3.8) is 0 Å². The first kappa shape index (κ1) is 9.24. The standard InChI is InChI=1S/C14H24/c1-3-7-13-11(5-1)9-10-12-6-2-4-8-14(12)13/h11-14H,1-10H2/t11-,12+,13+,14-. The third-order valence-electron chi connectivity index (χ3n) is 5.39. The Labute approximate surface area is 88.5 Å². The van der Waals surface area contributed by atoms with Gasteiger partial charge in [0, 0.05) is 0 Å². The van der Waals surface area contributed by atoms with Gasteiger partial charge in [0.15, 0.2) is 0 Å². The molecule has 0 aromatic carbocycles. The first-order chi connectivity index (χ1) is 6.95. The zero-order chi connectivity index (χ0) is 9.38. The second-order valence-electron chi connectivity index (χ2n) is 5.99. The molecule has 14 heavy (non-hydrogen) atoms. The molecule has 0 saturated heterocycles. The molecule has 3 fully saturated rings. The Hall–Kier alpha value is 0. The highest BCUT2D eigenvalue weighted by molar-refractivity contribution is 4.91. The predicted octanol–water partition coefficient (Wildman–Crippen LogP) is 4.39. The van der Waals surface area contributed by atoms with Crippen LogP contribution in [0.2, 0.25) is 0 Å². The van der Waals surface area contributed by atoms with Gasteiger partial charge in [-0.25, -0.2) is 0 Å². The third kappa shape index (κ3) is 1.51. The Kier molecular flexibility index (Phi) is 2.55. The SMILES string of the molecule is C1CC[C@@H]2[C@@H](C1)CC[C@H]1CCCC[C@@H]12. The topological polar surface area (TPSA) is 0 Å². The Morgan fingerprint density at radius 3 is 1.36 bits per heavy atom. The molecular formula is C14H24. The van der Waals surface area contributed by atoms with E-state index in [2.05, 4.69) is 0 Å².